The van der Waals surface area contributed by atoms with Gasteiger partial charge in [-0.1, -0.05) is 23.4 Å². The van der Waals surface area contributed by atoms with Gasteiger partial charge in [-0.15, -0.1) is 0 Å². The number of aryl methyl sites for hydroxylation is 2. The van der Waals surface area contributed by atoms with Crippen molar-refractivity contribution >= 4 is 17.4 Å². The van der Waals surface area contributed by atoms with Crippen LogP contribution >= 0.6 is 0 Å². The Morgan fingerprint density at radius 3 is 2.70 bits per heavy atom. The Bertz CT molecular complexity index is 1250. The van der Waals surface area contributed by atoms with Gasteiger partial charge < -0.3 is 14.7 Å². The van der Waals surface area contributed by atoms with E-state index in [4.69, 9.17) is 14.5 Å². The van der Waals surface area contributed by atoms with Gasteiger partial charge in [0.2, 0.25) is 0 Å². The number of benzene rings is 1. The van der Waals surface area contributed by atoms with E-state index in [2.05, 4.69) is 15.5 Å². The van der Waals surface area contributed by atoms with Crippen molar-refractivity contribution in [2.24, 2.45) is 0 Å². The van der Waals surface area contributed by atoms with Crippen LogP contribution in [0.3, 0.4) is 0 Å². The highest BCUT2D eigenvalue weighted by Crippen LogP contribution is 2.30. The van der Waals surface area contributed by atoms with Gasteiger partial charge in [-0.25, -0.2) is 9.97 Å². The third kappa shape index (κ3) is 4.32. The smallest absolute Gasteiger partial charge is 0.259 e. The summed E-state index contributed by atoms with van der Waals surface area (Å²) >= 11 is 0. The van der Waals surface area contributed by atoms with Crippen molar-refractivity contribution in [2.75, 3.05) is 18.4 Å². The molecule has 1 saturated heterocycles. The molecule has 1 aromatic carbocycles. The van der Waals surface area contributed by atoms with E-state index in [1.165, 1.54) is 0 Å². The second-order valence-electron chi connectivity index (χ2n) is 8.17. The summed E-state index contributed by atoms with van der Waals surface area (Å²) < 4.78 is 5.19. The number of amides is 1. The molecule has 0 radical (unpaired) electrons. The molecular weight excluding hydrogens is 416 g/mol. The largest absolute Gasteiger partial charge is 0.361 e. The molecule has 1 atom stereocenters. The van der Waals surface area contributed by atoms with Gasteiger partial charge in [-0.2, -0.15) is 0 Å². The molecule has 8 nitrogen and oxygen atoms in total. The summed E-state index contributed by atoms with van der Waals surface area (Å²) in [5, 5.41) is 7.30. The highest BCUT2D eigenvalue weighted by molar-refractivity contribution is 5.96. The molecule has 0 bridgehead atoms. The summed E-state index contributed by atoms with van der Waals surface area (Å²) in [5.41, 5.74) is 3.82. The van der Waals surface area contributed by atoms with Crippen LogP contribution in [0.4, 0.5) is 11.5 Å². The van der Waals surface area contributed by atoms with E-state index in [-0.39, 0.29) is 11.8 Å². The molecule has 1 N–H and O–H groups in total. The Balaban J connectivity index is 1.44. The maximum Gasteiger partial charge on any atom is 0.259 e. The molecule has 3 aromatic heterocycles. The van der Waals surface area contributed by atoms with Gasteiger partial charge in [-0.3, -0.25) is 9.78 Å². The fraction of sp³-hybridized carbons (Fsp3) is 0.240. The second kappa shape index (κ2) is 8.82. The van der Waals surface area contributed by atoms with E-state index in [1.807, 2.05) is 53.4 Å². The van der Waals surface area contributed by atoms with Crippen LogP contribution in [0.1, 0.15) is 40.0 Å². The molecule has 33 heavy (non-hydrogen) atoms. The number of rotatable bonds is 5. The number of aromatic nitrogens is 4. The maximum atomic E-state index is 13.1. The number of carbonyl (C=O) groups excluding carboxylic acids is 1. The van der Waals surface area contributed by atoms with Crippen LogP contribution in [-0.2, 0) is 0 Å². The number of carbonyl (C=O) groups is 1. The van der Waals surface area contributed by atoms with E-state index < -0.39 is 0 Å². The van der Waals surface area contributed by atoms with Gasteiger partial charge in [0.05, 0.1) is 11.4 Å². The molecule has 8 heteroatoms. The van der Waals surface area contributed by atoms with Gasteiger partial charge in [0.25, 0.3) is 5.91 Å². The predicted octanol–water partition coefficient (Wildman–Crippen LogP) is 4.52. The highest BCUT2D eigenvalue weighted by atomic mass is 16.5. The lowest BCUT2D eigenvalue weighted by molar-refractivity contribution is 0.0788. The van der Waals surface area contributed by atoms with Crippen molar-refractivity contribution in [3.8, 4) is 11.3 Å². The number of nitrogens with one attached hydrogen (secondary N) is 1. The summed E-state index contributed by atoms with van der Waals surface area (Å²) in [6, 6.07) is 15.7. The zero-order valence-corrected chi connectivity index (χ0v) is 18.5. The van der Waals surface area contributed by atoms with Crippen molar-refractivity contribution in [1.29, 1.82) is 0 Å². The number of para-hydroxylation sites is 1. The molecule has 0 spiro atoms. The monoisotopic (exact) mass is 440 g/mol. The number of hydrogen-bond donors (Lipinski definition) is 1. The lowest BCUT2D eigenvalue weighted by Gasteiger charge is -2.17. The van der Waals surface area contributed by atoms with Gasteiger partial charge in [0, 0.05) is 48.7 Å². The summed E-state index contributed by atoms with van der Waals surface area (Å²) in [6.07, 6.45) is 4.32. The minimum atomic E-state index is -0.0557. The van der Waals surface area contributed by atoms with Crippen LogP contribution in [0.15, 0.2) is 65.4 Å². The Labute approximate surface area is 191 Å². The Morgan fingerprint density at radius 2 is 1.97 bits per heavy atom. The first-order valence-electron chi connectivity index (χ1n) is 10.9. The van der Waals surface area contributed by atoms with E-state index in [0.29, 0.717) is 41.7 Å². The van der Waals surface area contributed by atoms with Gasteiger partial charge in [-0.05, 0) is 44.5 Å². The van der Waals surface area contributed by atoms with Crippen LogP contribution in [0, 0.1) is 13.8 Å². The Morgan fingerprint density at radius 1 is 1.12 bits per heavy atom. The molecule has 0 aliphatic carbocycles. The first-order chi connectivity index (χ1) is 16.1. The van der Waals surface area contributed by atoms with Crippen molar-refractivity contribution in [3.05, 3.63) is 83.8 Å². The normalized spacial score (nSPS) is 15.6. The number of pyridine rings is 1. The molecule has 0 unspecified atom stereocenters. The SMILES string of the molecule is Cc1noc(C)c1C(=O)N1CC[C@@H](c2nc(Nc3ccccc3)cc(-c3cccnc3)n2)C1. The standard InChI is InChI=1S/C25H24N6O2/c1-16-23(17(2)33-30-16)25(32)31-12-10-19(15-31)24-28-21(18-7-6-11-26-14-18)13-22(29-24)27-20-8-4-3-5-9-20/h3-9,11,13-14,19H,10,12,15H2,1-2H3,(H,27,28,29)/t19-/m1/s1. The zero-order valence-electron chi connectivity index (χ0n) is 18.5. The summed E-state index contributed by atoms with van der Waals surface area (Å²) in [5.74, 6) is 1.94. The summed E-state index contributed by atoms with van der Waals surface area (Å²) in [4.78, 5) is 28.8. The third-order valence-corrected chi connectivity index (χ3v) is 5.83. The average Bonchev–Trinajstić information content (AvgIpc) is 3.47. The molecule has 1 fully saturated rings. The Hall–Kier alpha value is -4.07. The lowest BCUT2D eigenvalue weighted by Crippen LogP contribution is -2.29. The van der Waals surface area contributed by atoms with E-state index >= 15 is 0 Å². The van der Waals surface area contributed by atoms with Crippen molar-refractivity contribution in [2.45, 2.75) is 26.2 Å². The van der Waals surface area contributed by atoms with Gasteiger partial charge >= 0.3 is 0 Å². The fourth-order valence-corrected chi connectivity index (χ4v) is 4.15. The molecule has 1 aliphatic heterocycles. The van der Waals surface area contributed by atoms with Crippen LogP contribution in [0.2, 0.25) is 0 Å². The maximum absolute atomic E-state index is 13.1. The average molecular weight is 441 g/mol. The minimum Gasteiger partial charge on any atom is -0.361 e. The van der Waals surface area contributed by atoms with Gasteiger partial charge in [0.15, 0.2) is 0 Å². The predicted molar refractivity (Wildman–Crippen MR) is 124 cm³/mol. The summed E-state index contributed by atoms with van der Waals surface area (Å²) in [6.45, 7) is 4.74. The first-order valence-corrected chi connectivity index (χ1v) is 10.9. The number of likely N-dealkylation sites (tertiary alicyclic amines) is 1. The Kier molecular flexibility index (Phi) is 5.56. The second-order valence-corrected chi connectivity index (χ2v) is 8.17. The highest BCUT2D eigenvalue weighted by Gasteiger charge is 2.32. The van der Waals surface area contributed by atoms with Crippen LogP contribution in [0.5, 0.6) is 0 Å². The van der Waals surface area contributed by atoms with E-state index in [0.717, 1.165) is 23.4 Å². The quantitative estimate of drug-likeness (QED) is 0.487. The molecular formula is C25H24N6O2. The summed E-state index contributed by atoms with van der Waals surface area (Å²) in [7, 11) is 0. The minimum absolute atomic E-state index is 0.0300. The van der Waals surface area contributed by atoms with Crippen LogP contribution in [-0.4, -0.2) is 44.0 Å². The molecule has 5 rings (SSSR count). The molecule has 4 aromatic rings. The van der Waals surface area contributed by atoms with Crippen molar-refractivity contribution in [1.82, 2.24) is 25.0 Å². The van der Waals surface area contributed by atoms with Crippen molar-refractivity contribution < 1.29 is 9.32 Å². The number of anilines is 2. The van der Waals surface area contributed by atoms with Crippen molar-refractivity contribution in [3.63, 3.8) is 0 Å². The topological polar surface area (TPSA) is 97.0 Å². The van der Waals surface area contributed by atoms with E-state index in [1.54, 1.807) is 26.2 Å². The van der Waals surface area contributed by atoms with Gasteiger partial charge in [0.1, 0.15) is 23.0 Å². The number of nitrogens with zero attached hydrogens (tertiary/aromatic N) is 5. The number of hydrogen-bond acceptors (Lipinski definition) is 7. The third-order valence-electron chi connectivity index (χ3n) is 5.83. The van der Waals surface area contributed by atoms with E-state index in [9.17, 15) is 4.79 Å². The molecule has 4 heterocycles. The lowest BCUT2D eigenvalue weighted by atomic mass is 10.1. The zero-order chi connectivity index (χ0) is 22.8. The van der Waals surface area contributed by atoms with Crippen LogP contribution in [0.25, 0.3) is 11.3 Å². The first kappa shape index (κ1) is 20.8. The molecule has 1 aliphatic rings. The molecule has 0 saturated carbocycles. The fourth-order valence-electron chi connectivity index (χ4n) is 4.15. The van der Waals surface area contributed by atoms with Crippen LogP contribution < -0.4 is 5.32 Å². The molecule has 166 valence electrons. The molecule has 1 amide bonds.